The highest BCUT2D eigenvalue weighted by Gasteiger charge is 2.30. The van der Waals surface area contributed by atoms with Gasteiger partial charge in [-0.25, -0.2) is 0 Å². The zero-order valence-electron chi connectivity index (χ0n) is 15.8. The molecular weight excluding hydrogens is 348 g/mol. The number of nitrogens with one attached hydrogen (secondary N) is 1. The van der Waals surface area contributed by atoms with Gasteiger partial charge in [0, 0.05) is 48.8 Å². The molecule has 1 aliphatic rings. The maximum atomic E-state index is 12.8. The van der Waals surface area contributed by atoms with Gasteiger partial charge in [0.1, 0.15) is 0 Å². The van der Waals surface area contributed by atoms with Crippen molar-refractivity contribution in [2.24, 2.45) is 0 Å². The summed E-state index contributed by atoms with van der Waals surface area (Å²) in [6, 6.07) is 18.5. The molecule has 1 aromatic carbocycles. The van der Waals surface area contributed by atoms with Crippen LogP contribution in [0.3, 0.4) is 0 Å². The number of nitrogens with zero attached hydrogens (tertiary/aromatic N) is 3. The lowest BCUT2D eigenvalue weighted by atomic mass is 10.0. The number of fused-ring (bicyclic) bond motifs is 2. The molecule has 140 valence electrons. The van der Waals surface area contributed by atoms with Crippen LogP contribution >= 0.6 is 0 Å². The molecule has 0 unspecified atom stereocenters. The third-order valence-electron chi connectivity index (χ3n) is 5.56. The summed E-state index contributed by atoms with van der Waals surface area (Å²) in [5.41, 5.74) is 5.04. The Kier molecular flexibility index (Phi) is 4.10. The minimum absolute atomic E-state index is 0.0150. The van der Waals surface area contributed by atoms with E-state index in [1.165, 1.54) is 5.69 Å². The van der Waals surface area contributed by atoms with E-state index < -0.39 is 0 Å². The van der Waals surface area contributed by atoms with Crippen LogP contribution < -0.4 is 5.56 Å². The predicted molar refractivity (Wildman–Crippen MR) is 110 cm³/mol. The van der Waals surface area contributed by atoms with E-state index in [9.17, 15) is 4.79 Å². The van der Waals surface area contributed by atoms with Crippen LogP contribution in [0.1, 0.15) is 28.6 Å². The highest BCUT2D eigenvalue weighted by Crippen LogP contribution is 2.32. The van der Waals surface area contributed by atoms with Crippen LogP contribution in [-0.2, 0) is 13.1 Å². The molecule has 0 saturated heterocycles. The molecule has 1 atom stereocenters. The topological polar surface area (TPSA) is 53.9 Å². The third-order valence-corrected chi connectivity index (χ3v) is 5.56. The molecular formula is C23H22N4O. The third kappa shape index (κ3) is 2.94. The zero-order chi connectivity index (χ0) is 19.1. The quantitative estimate of drug-likeness (QED) is 0.599. The second kappa shape index (κ2) is 6.77. The average molecular weight is 370 g/mol. The molecule has 4 aromatic rings. The first-order valence-corrected chi connectivity index (χ1v) is 9.61. The second-order valence-electron chi connectivity index (χ2n) is 7.47. The van der Waals surface area contributed by atoms with Crippen molar-refractivity contribution in [2.75, 3.05) is 6.54 Å². The van der Waals surface area contributed by atoms with E-state index >= 15 is 0 Å². The molecule has 5 heteroatoms. The van der Waals surface area contributed by atoms with E-state index in [1.807, 2.05) is 37.4 Å². The minimum atomic E-state index is -0.0150. The van der Waals surface area contributed by atoms with E-state index in [0.29, 0.717) is 6.54 Å². The van der Waals surface area contributed by atoms with E-state index in [1.54, 1.807) is 0 Å². The molecule has 1 aliphatic heterocycles. The molecule has 0 bridgehead atoms. The van der Waals surface area contributed by atoms with Crippen LogP contribution in [0.25, 0.3) is 10.9 Å². The van der Waals surface area contributed by atoms with E-state index in [4.69, 9.17) is 0 Å². The molecule has 28 heavy (non-hydrogen) atoms. The summed E-state index contributed by atoms with van der Waals surface area (Å²) in [4.78, 5) is 22.8. The smallest absolute Gasteiger partial charge is 0.252 e. The van der Waals surface area contributed by atoms with Crippen molar-refractivity contribution >= 4 is 10.9 Å². The van der Waals surface area contributed by atoms with Crippen molar-refractivity contribution in [3.63, 3.8) is 0 Å². The number of hydrogen-bond acceptors (Lipinski definition) is 3. The maximum absolute atomic E-state index is 12.8. The Hall–Kier alpha value is -3.18. The fourth-order valence-electron chi connectivity index (χ4n) is 4.17. The summed E-state index contributed by atoms with van der Waals surface area (Å²) in [6.45, 7) is 4.40. The van der Waals surface area contributed by atoms with Crippen LogP contribution in [0.2, 0.25) is 0 Å². The number of aryl methyl sites for hydroxylation is 1. The van der Waals surface area contributed by atoms with Crippen LogP contribution in [0.5, 0.6) is 0 Å². The zero-order valence-corrected chi connectivity index (χ0v) is 15.8. The van der Waals surface area contributed by atoms with Gasteiger partial charge in [0.05, 0.1) is 11.7 Å². The second-order valence-corrected chi connectivity index (χ2v) is 7.47. The lowest BCUT2D eigenvalue weighted by molar-refractivity contribution is 0.171. The first-order chi connectivity index (χ1) is 13.7. The summed E-state index contributed by atoms with van der Waals surface area (Å²) < 4.78 is 2.28. The molecule has 5 nitrogen and oxygen atoms in total. The van der Waals surface area contributed by atoms with Crippen LogP contribution in [-0.4, -0.2) is 26.0 Å². The van der Waals surface area contributed by atoms with Gasteiger partial charge < -0.3 is 9.55 Å². The summed E-state index contributed by atoms with van der Waals surface area (Å²) in [6.07, 6.45) is 3.95. The number of aromatic amines is 1. The van der Waals surface area contributed by atoms with E-state index in [2.05, 4.69) is 56.0 Å². The number of hydrogen-bond donors (Lipinski definition) is 1. The van der Waals surface area contributed by atoms with Crippen LogP contribution in [0, 0.1) is 6.92 Å². The Balaban J connectivity index is 1.55. The van der Waals surface area contributed by atoms with Gasteiger partial charge in [0.2, 0.25) is 0 Å². The fourth-order valence-corrected chi connectivity index (χ4v) is 4.17. The van der Waals surface area contributed by atoms with Gasteiger partial charge in [-0.05, 0) is 54.3 Å². The number of H-pyrrole nitrogens is 1. The van der Waals surface area contributed by atoms with Crippen molar-refractivity contribution in [1.29, 1.82) is 0 Å². The molecule has 3 aromatic heterocycles. The molecule has 4 heterocycles. The van der Waals surface area contributed by atoms with Gasteiger partial charge in [-0.1, -0.05) is 18.2 Å². The summed E-state index contributed by atoms with van der Waals surface area (Å²) >= 11 is 0. The molecule has 5 rings (SSSR count). The minimum Gasteiger partial charge on any atom is -0.348 e. The number of pyridine rings is 2. The number of aromatic nitrogens is 3. The monoisotopic (exact) mass is 370 g/mol. The van der Waals surface area contributed by atoms with Gasteiger partial charge in [0.25, 0.3) is 5.56 Å². The largest absolute Gasteiger partial charge is 0.348 e. The van der Waals surface area contributed by atoms with E-state index in [-0.39, 0.29) is 11.6 Å². The fraction of sp³-hybridized carbons (Fsp3) is 0.217. The normalized spacial score (nSPS) is 17.0. The molecule has 0 saturated carbocycles. The van der Waals surface area contributed by atoms with Crippen molar-refractivity contribution in [1.82, 2.24) is 19.4 Å². The number of benzene rings is 1. The predicted octanol–water partition coefficient (Wildman–Crippen LogP) is 3.64. The summed E-state index contributed by atoms with van der Waals surface area (Å²) in [5, 5.41) is 1.06. The standard InChI is InChI=1S/C23H22N4O/c1-16-7-8-17-14-18(23(28)25-20(17)13-16)15-27-12-11-26-10-4-6-21(26)22(27)19-5-2-3-9-24-19/h2-10,13-14,22H,11-12,15H2,1H3,(H,25,28)/t22-/m0/s1. The summed E-state index contributed by atoms with van der Waals surface area (Å²) in [7, 11) is 0. The Morgan fingerprint density at radius 3 is 2.89 bits per heavy atom. The molecule has 0 amide bonds. The molecule has 1 N–H and O–H groups in total. The number of rotatable bonds is 3. The highest BCUT2D eigenvalue weighted by molar-refractivity contribution is 5.79. The van der Waals surface area contributed by atoms with Crippen molar-refractivity contribution in [3.8, 4) is 0 Å². The lowest BCUT2D eigenvalue weighted by Gasteiger charge is -2.36. The SMILES string of the molecule is Cc1ccc2cc(CN3CCn4cccc4[C@@H]3c3ccccn3)c(=O)[nH]c2c1. The Morgan fingerprint density at radius 2 is 2.04 bits per heavy atom. The Morgan fingerprint density at radius 1 is 1.11 bits per heavy atom. The Labute approximate surface area is 163 Å². The van der Waals surface area contributed by atoms with Gasteiger partial charge in [-0.3, -0.25) is 14.7 Å². The maximum Gasteiger partial charge on any atom is 0.252 e. The van der Waals surface area contributed by atoms with E-state index in [0.717, 1.165) is 40.8 Å². The Bertz CT molecular complexity index is 1190. The molecule has 0 fully saturated rings. The molecule has 0 radical (unpaired) electrons. The highest BCUT2D eigenvalue weighted by atomic mass is 16.1. The van der Waals surface area contributed by atoms with Crippen molar-refractivity contribution in [3.05, 3.63) is 99.9 Å². The van der Waals surface area contributed by atoms with Gasteiger partial charge >= 0.3 is 0 Å². The molecule has 0 spiro atoms. The first-order valence-electron chi connectivity index (χ1n) is 9.61. The molecule has 0 aliphatic carbocycles. The average Bonchev–Trinajstić information content (AvgIpc) is 3.18. The lowest BCUT2D eigenvalue weighted by Crippen LogP contribution is -2.39. The van der Waals surface area contributed by atoms with Gasteiger partial charge in [-0.15, -0.1) is 0 Å². The van der Waals surface area contributed by atoms with Crippen LogP contribution in [0.15, 0.2) is 71.8 Å². The van der Waals surface area contributed by atoms with Gasteiger partial charge in [0.15, 0.2) is 0 Å². The van der Waals surface area contributed by atoms with Crippen LogP contribution in [0.4, 0.5) is 0 Å². The van der Waals surface area contributed by atoms with Crippen molar-refractivity contribution in [2.45, 2.75) is 26.1 Å². The van der Waals surface area contributed by atoms with Gasteiger partial charge in [-0.2, -0.15) is 0 Å². The summed E-state index contributed by atoms with van der Waals surface area (Å²) in [5.74, 6) is 0. The first kappa shape index (κ1) is 17.0. The van der Waals surface area contributed by atoms with Crippen molar-refractivity contribution < 1.29 is 0 Å².